The van der Waals surface area contributed by atoms with Gasteiger partial charge < -0.3 is 10.3 Å². The summed E-state index contributed by atoms with van der Waals surface area (Å²) in [5.74, 6) is 0.408. The molecule has 1 aliphatic heterocycles. The first-order valence-corrected chi connectivity index (χ1v) is 7.07. The van der Waals surface area contributed by atoms with E-state index in [2.05, 4.69) is 26.1 Å². The highest BCUT2D eigenvalue weighted by molar-refractivity contribution is 9.12. The van der Waals surface area contributed by atoms with E-state index in [1.165, 1.54) is 11.0 Å². The van der Waals surface area contributed by atoms with E-state index < -0.39 is 0 Å². The van der Waals surface area contributed by atoms with Gasteiger partial charge in [0, 0.05) is 12.6 Å². The Balaban J connectivity index is 1.72. The number of aromatic nitrogens is 2. The average molecular weight is 343 g/mol. The van der Waals surface area contributed by atoms with Crippen molar-refractivity contribution in [2.24, 2.45) is 5.73 Å². The van der Waals surface area contributed by atoms with Crippen molar-refractivity contribution in [1.29, 1.82) is 0 Å². The molecule has 0 aromatic carbocycles. The Bertz CT molecular complexity index is 555. The summed E-state index contributed by atoms with van der Waals surface area (Å²) in [6, 6.07) is -0.314. The molecule has 0 unspecified atom stereocenters. The summed E-state index contributed by atoms with van der Waals surface area (Å²) in [6.07, 6.45) is 3.39. The Morgan fingerprint density at radius 1 is 1.45 bits per heavy atom. The van der Waals surface area contributed by atoms with Crippen molar-refractivity contribution in [3.8, 4) is 0 Å². The van der Waals surface area contributed by atoms with Gasteiger partial charge in [-0.3, -0.25) is 14.5 Å². The molecule has 1 aliphatic rings. The van der Waals surface area contributed by atoms with Crippen LogP contribution in [0.1, 0.15) is 37.0 Å². The molecule has 0 saturated carbocycles. The Labute approximate surface area is 124 Å². The van der Waals surface area contributed by atoms with Gasteiger partial charge in [0.15, 0.2) is 5.82 Å². The maximum absolute atomic E-state index is 11.6. The van der Waals surface area contributed by atoms with Crippen LogP contribution in [0.3, 0.4) is 0 Å². The lowest BCUT2D eigenvalue weighted by atomic mass is 10.1. The lowest BCUT2D eigenvalue weighted by Crippen LogP contribution is -2.31. The lowest BCUT2D eigenvalue weighted by molar-refractivity contribution is -0.136. The molecule has 7 nitrogen and oxygen atoms in total. The normalized spacial score (nSPS) is 16.8. The van der Waals surface area contributed by atoms with Crippen LogP contribution in [0, 0.1) is 6.92 Å². The van der Waals surface area contributed by atoms with E-state index >= 15 is 0 Å². The molecule has 0 spiro atoms. The first-order chi connectivity index (χ1) is 9.49. The highest BCUT2D eigenvalue weighted by Crippen LogP contribution is 2.20. The van der Waals surface area contributed by atoms with Crippen LogP contribution in [0.4, 0.5) is 0 Å². The second kappa shape index (κ2) is 6.27. The van der Waals surface area contributed by atoms with Crippen LogP contribution in [0.2, 0.25) is 0 Å². The topological polar surface area (TPSA) is 102 Å². The zero-order chi connectivity index (χ0) is 14.7. The quantitative estimate of drug-likeness (QED) is 0.615. The van der Waals surface area contributed by atoms with Crippen molar-refractivity contribution in [1.82, 2.24) is 15.0 Å². The number of aryl methyl sites for hydroxylation is 1. The van der Waals surface area contributed by atoms with Crippen LogP contribution in [-0.4, -0.2) is 33.4 Å². The van der Waals surface area contributed by atoms with E-state index in [0.29, 0.717) is 35.6 Å². The summed E-state index contributed by atoms with van der Waals surface area (Å²) in [5.41, 5.74) is 5.92. The average Bonchev–Trinajstić information content (AvgIpc) is 2.92. The van der Waals surface area contributed by atoms with Crippen LogP contribution in [0.25, 0.3) is 0 Å². The number of rotatable bonds is 6. The number of nitrogens with two attached hydrogens (primary N) is 1. The highest BCUT2D eigenvalue weighted by Gasteiger charge is 2.28. The molecule has 0 bridgehead atoms. The van der Waals surface area contributed by atoms with Crippen molar-refractivity contribution in [2.75, 3.05) is 6.54 Å². The minimum absolute atomic E-state index is 0.279. The number of imide groups is 1. The van der Waals surface area contributed by atoms with Crippen molar-refractivity contribution in [3.63, 3.8) is 0 Å². The molecule has 8 heteroatoms. The minimum atomic E-state index is -0.314. The molecule has 1 aromatic rings. The van der Waals surface area contributed by atoms with Crippen LogP contribution in [-0.2, 0) is 9.59 Å². The second-order valence-corrected chi connectivity index (χ2v) is 5.42. The summed E-state index contributed by atoms with van der Waals surface area (Å²) in [5, 5.41) is 3.68. The standard InChI is InChI=1S/C12H15BrN4O3/c1-7-15-11(20-16-7)9(14)4-2-3-5-17-10(18)6-8(13)12(17)19/h6,9H,2-5,14H2,1H3/t9-/m0/s1. The number of hydrogen-bond donors (Lipinski definition) is 1. The number of amides is 2. The fourth-order valence-electron chi connectivity index (χ4n) is 1.91. The molecule has 2 rings (SSSR count). The monoisotopic (exact) mass is 342 g/mol. The highest BCUT2D eigenvalue weighted by atomic mass is 79.9. The summed E-state index contributed by atoms with van der Waals surface area (Å²) in [4.78, 5) is 28.4. The molecule has 0 aliphatic carbocycles. The van der Waals surface area contributed by atoms with Gasteiger partial charge in [0.1, 0.15) is 0 Å². The predicted octanol–water partition coefficient (Wildman–Crippen LogP) is 1.20. The van der Waals surface area contributed by atoms with E-state index in [1.807, 2.05) is 0 Å². The third-order valence-corrected chi connectivity index (χ3v) is 3.54. The molecule has 2 N–H and O–H groups in total. The first kappa shape index (κ1) is 14.9. The number of nitrogens with zero attached hydrogens (tertiary/aromatic N) is 3. The molecule has 108 valence electrons. The zero-order valence-electron chi connectivity index (χ0n) is 11.0. The lowest BCUT2D eigenvalue weighted by Gasteiger charge is -2.14. The Morgan fingerprint density at radius 3 is 2.75 bits per heavy atom. The third kappa shape index (κ3) is 3.31. The smallest absolute Gasteiger partial charge is 0.267 e. The van der Waals surface area contributed by atoms with E-state index in [4.69, 9.17) is 10.3 Å². The van der Waals surface area contributed by atoms with E-state index in [0.717, 1.165) is 6.42 Å². The molecule has 2 heterocycles. The number of hydrogen-bond acceptors (Lipinski definition) is 6. The molecule has 1 atom stereocenters. The summed E-state index contributed by atoms with van der Waals surface area (Å²) in [7, 11) is 0. The predicted molar refractivity (Wildman–Crippen MR) is 73.5 cm³/mol. The zero-order valence-corrected chi connectivity index (χ0v) is 12.6. The molecular weight excluding hydrogens is 328 g/mol. The van der Waals surface area contributed by atoms with Gasteiger partial charge in [0.05, 0.1) is 10.5 Å². The van der Waals surface area contributed by atoms with Crippen LogP contribution in [0.15, 0.2) is 15.1 Å². The van der Waals surface area contributed by atoms with Crippen LogP contribution in [0.5, 0.6) is 0 Å². The van der Waals surface area contributed by atoms with Gasteiger partial charge in [-0.15, -0.1) is 0 Å². The van der Waals surface area contributed by atoms with Gasteiger partial charge in [-0.1, -0.05) is 5.16 Å². The molecule has 1 aromatic heterocycles. The van der Waals surface area contributed by atoms with Gasteiger partial charge >= 0.3 is 0 Å². The summed E-state index contributed by atoms with van der Waals surface area (Å²) < 4.78 is 5.29. The Morgan fingerprint density at radius 2 is 2.20 bits per heavy atom. The van der Waals surface area contributed by atoms with Crippen LogP contribution < -0.4 is 5.73 Å². The van der Waals surface area contributed by atoms with E-state index in [9.17, 15) is 9.59 Å². The summed E-state index contributed by atoms with van der Waals surface area (Å²) in [6.45, 7) is 2.12. The molecule has 0 saturated heterocycles. The fraction of sp³-hybridized carbons (Fsp3) is 0.500. The largest absolute Gasteiger partial charge is 0.338 e. The Hall–Kier alpha value is -1.54. The first-order valence-electron chi connectivity index (χ1n) is 6.28. The maximum atomic E-state index is 11.6. The van der Waals surface area contributed by atoms with E-state index in [-0.39, 0.29) is 17.9 Å². The molecule has 20 heavy (non-hydrogen) atoms. The van der Waals surface area contributed by atoms with Crippen molar-refractivity contribution >= 4 is 27.7 Å². The number of carbonyl (C=O) groups excluding carboxylic acids is 2. The maximum Gasteiger partial charge on any atom is 0.267 e. The Kier molecular flexibility index (Phi) is 4.66. The summed E-state index contributed by atoms with van der Waals surface area (Å²) >= 11 is 3.05. The number of halogens is 1. The van der Waals surface area contributed by atoms with Crippen molar-refractivity contribution in [2.45, 2.75) is 32.2 Å². The SMILES string of the molecule is Cc1noc([C@@H](N)CCCCN2C(=O)C=C(Br)C2=O)n1. The van der Waals surface area contributed by atoms with E-state index in [1.54, 1.807) is 6.92 Å². The van der Waals surface area contributed by atoms with Gasteiger partial charge in [-0.2, -0.15) is 4.98 Å². The van der Waals surface area contributed by atoms with Gasteiger partial charge in [0.2, 0.25) is 5.89 Å². The van der Waals surface area contributed by atoms with Crippen molar-refractivity contribution < 1.29 is 14.1 Å². The van der Waals surface area contributed by atoms with Crippen LogP contribution >= 0.6 is 15.9 Å². The molecule has 2 amide bonds. The molecular formula is C12H15BrN4O3. The fourth-order valence-corrected chi connectivity index (χ4v) is 2.32. The number of unbranched alkanes of at least 4 members (excludes halogenated alkanes) is 1. The molecule has 0 radical (unpaired) electrons. The second-order valence-electron chi connectivity index (χ2n) is 4.57. The minimum Gasteiger partial charge on any atom is -0.338 e. The number of carbonyl (C=O) groups is 2. The van der Waals surface area contributed by atoms with Gasteiger partial charge in [-0.25, -0.2) is 0 Å². The van der Waals surface area contributed by atoms with Crippen molar-refractivity contribution in [3.05, 3.63) is 22.3 Å². The third-order valence-electron chi connectivity index (χ3n) is 2.97. The van der Waals surface area contributed by atoms with Gasteiger partial charge in [-0.05, 0) is 42.1 Å². The van der Waals surface area contributed by atoms with Gasteiger partial charge in [0.25, 0.3) is 11.8 Å². The molecule has 0 fully saturated rings.